The molecule has 2 fully saturated rings. The third kappa shape index (κ3) is 4.71. The molecule has 0 aliphatic carbocycles. The second kappa shape index (κ2) is 8.49. The second-order valence-corrected chi connectivity index (χ2v) is 6.77. The van der Waals surface area contributed by atoms with E-state index in [1.165, 1.54) is 0 Å². The molecule has 2 aliphatic heterocycles. The van der Waals surface area contributed by atoms with Crippen LogP contribution in [0.3, 0.4) is 0 Å². The Morgan fingerprint density at radius 2 is 1.96 bits per heavy atom. The minimum Gasteiger partial charge on any atom is -0.497 e. The summed E-state index contributed by atoms with van der Waals surface area (Å²) in [5.41, 5.74) is 1.02. The maximum atomic E-state index is 12.5. The van der Waals surface area contributed by atoms with Crippen molar-refractivity contribution in [1.82, 2.24) is 9.80 Å². The Morgan fingerprint density at radius 1 is 1.21 bits per heavy atom. The van der Waals surface area contributed by atoms with Gasteiger partial charge in [-0.05, 0) is 36.5 Å². The van der Waals surface area contributed by atoms with E-state index in [4.69, 9.17) is 9.47 Å². The molecule has 1 aromatic rings. The zero-order valence-electron chi connectivity index (χ0n) is 14.6. The van der Waals surface area contributed by atoms with E-state index in [2.05, 4.69) is 4.90 Å². The lowest BCUT2D eigenvalue weighted by Gasteiger charge is -2.36. The van der Waals surface area contributed by atoms with Crippen LogP contribution in [0.15, 0.2) is 24.3 Å². The van der Waals surface area contributed by atoms with E-state index >= 15 is 0 Å². The number of morpholine rings is 1. The zero-order valence-corrected chi connectivity index (χ0v) is 14.6. The van der Waals surface area contributed by atoms with Gasteiger partial charge in [0.25, 0.3) is 0 Å². The summed E-state index contributed by atoms with van der Waals surface area (Å²) in [6.07, 6.45) is 2.69. The Hall–Kier alpha value is -1.59. The summed E-state index contributed by atoms with van der Waals surface area (Å²) in [6, 6.07) is 7.79. The number of piperidine rings is 1. The van der Waals surface area contributed by atoms with E-state index in [1.54, 1.807) is 7.11 Å². The van der Waals surface area contributed by atoms with E-state index in [1.807, 2.05) is 29.2 Å². The third-order valence-corrected chi connectivity index (χ3v) is 5.08. The number of carbonyl (C=O) groups excluding carboxylic acids is 1. The highest BCUT2D eigenvalue weighted by atomic mass is 16.5. The van der Waals surface area contributed by atoms with Crippen LogP contribution in [-0.4, -0.2) is 68.8 Å². The minimum atomic E-state index is 0.230. The van der Waals surface area contributed by atoms with Gasteiger partial charge in [0, 0.05) is 32.7 Å². The van der Waals surface area contributed by atoms with Crippen molar-refractivity contribution in [3.63, 3.8) is 0 Å². The molecule has 2 aliphatic rings. The molecule has 0 N–H and O–H groups in total. The van der Waals surface area contributed by atoms with Gasteiger partial charge in [0.1, 0.15) is 5.75 Å². The molecule has 2 saturated heterocycles. The van der Waals surface area contributed by atoms with Crippen LogP contribution in [0.4, 0.5) is 0 Å². The average Bonchev–Trinajstić information content (AvgIpc) is 2.63. The fraction of sp³-hybridized carbons (Fsp3) is 0.632. The number of hydrogen-bond acceptors (Lipinski definition) is 4. The summed E-state index contributed by atoms with van der Waals surface area (Å²) in [6.45, 7) is 6.75. The Morgan fingerprint density at radius 3 is 2.67 bits per heavy atom. The first-order valence-corrected chi connectivity index (χ1v) is 8.95. The highest BCUT2D eigenvalue weighted by molar-refractivity contribution is 5.79. The first kappa shape index (κ1) is 17.2. The maximum absolute atomic E-state index is 12.5. The van der Waals surface area contributed by atoms with Gasteiger partial charge in [0.15, 0.2) is 0 Å². The summed E-state index contributed by atoms with van der Waals surface area (Å²) in [4.78, 5) is 17.0. The minimum absolute atomic E-state index is 0.230. The molecular formula is C19H28N2O3. The molecule has 3 rings (SSSR count). The predicted molar refractivity (Wildman–Crippen MR) is 93.3 cm³/mol. The molecule has 24 heavy (non-hydrogen) atoms. The van der Waals surface area contributed by atoms with Crippen molar-refractivity contribution in [1.29, 1.82) is 0 Å². The third-order valence-electron chi connectivity index (χ3n) is 5.08. The first-order chi connectivity index (χ1) is 11.7. The summed E-state index contributed by atoms with van der Waals surface area (Å²) in [5, 5.41) is 0. The normalized spacial score (nSPS) is 20.1. The lowest BCUT2D eigenvalue weighted by atomic mass is 9.95. The standard InChI is InChI=1S/C19H28N2O3/c1-23-18-4-2-3-17(13-18)14-19(22)21-7-5-16(6-8-21)15-20-9-11-24-12-10-20/h2-4,13,16H,5-12,14-15H2,1H3. The van der Waals surface area contributed by atoms with Crippen molar-refractivity contribution >= 4 is 5.91 Å². The van der Waals surface area contributed by atoms with Gasteiger partial charge in [-0.3, -0.25) is 9.69 Å². The largest absolute Gasteiger partial charge is 0.497 e. The molecule has 0 saturated carbocycles. The lowest BCUT2D eigenvalue weighted by Crippen LogP contribution is -2.44. The van der Waals surface area contributed by atoms with Crippen LogP contribution in [0.2, 0.25) is 0 Å². The van der Waals surface area contributed by atoms with Crippen LogP contribution in [0.5, 0.6) is 5.75 Å². The van der Waals surface area contributed by atoms with Gasteiger partial charge in [-0.25, -0.2) is 0 Å². The van der Waals surface area contributed by atoms with Crippen LogP contribution < -0.4 is 4.74 Å². The molecule has 0 radical (unpaired) electrons. The van der Waals surface area contributed by atoms with E-state index in [0.29, 0.717) is 12.3 Å². The summed E-state index contributed by atoms with van der Waals surface area (Å²) >= 11 is 0. The summed E-state index contributed by atoms with van der Waals surface area (Å²) in [7, 11) is 1.65. The number of benzene rings is 1. The first-order valence-electron chi connectivity index (χ1n) is 8.95. The highest BCUT2D eigenvalue weighted by Crippen LogP contribution is 2.20. The molecule has 1 aromatic carbocycles. The molecular weight excluding hydrogens is 304 g/mol. The Labute approximate surface area is 144 Å². The molecule has 132 valence electrons. The number of hydrogen-bond donors (Lipinski definition) is 0. The number of nitrogens with zero attached hydrogens (tertiary/aromatic N) is 2. The molecule has 0 atom stereocenters. The molecule has 2 heterocycles. The maximum Gasteiger partial charge on any atom is 0.226 e. The summed E-state index contributed by atoms with van der Waals surface area (Å²) in [5.74, 6) is 1.75. The van der Waals surface area contributed by atoms with E-state index in [-0.39, 0.29) is 5.91 Å². The molecule has 5 nitrogen and oxygen atoms in total. The van der Waals surface area contributed by atoms with Crippen molar-refractivity contribution in [2.24, 2.45) is 5.92 Å². The quantitative estimate of drug-likeness (QED) is 0.825. The number of methoxy groups -OCH3 is 1. The van der Waals surface area contributed by atoms with Crippen molar-refractivity contribution in [2.75, 3.05) is 53.0 Å². The fourth-order valence-corrected chi connectivity index (χ4v) is 3.58. The van der Waals surface area contributed by atoms with Crippen LogP contribution in [0.25, 0.3) is 0 Å². The van der Waals surface area contributed by atoms with Gasteiger partial charge in [0.2, 0.25) is 5.91 Å². The molecule has 0 aromatic heterocycles. The Balaban J connectivity index is 1.44. The van der Waals surface area contributed by atoms with Crippen molar-refractivity contribution < 1.29 is 14.3 Å². The monoisotopic (exact) mass is 332 g/mol. The van der Waals surface area contributed by atoms with Crippen molar-refractivity contribution in [3.05, 3.63) is 29.8 Å². The SMILES string of the molecule is COc1cccc(CC(=O)N2CCC(CN3CCOCC3)CC2)c1. The average molecular weight is 332 g/mol. The number of rotatable bonds is 5. The topological polar surface area (TPSA) is 42.0 Å². The number of ether oxygens (including phenoxy) is 2. The Kier molecular flexibility index (Phi) is 6.10. The lowest BCUT2D eigenvalue weighted by molar-refractivity contribution is -0.132. The molecule has 5 heteroatoms. The van der Waals surface area contributed by atoms with Gasteiger partial charge in [-0.2, -0.15) is 0 Å². The molecule has 0 unspecified atom stereocenters. The molecule has 0 spiro atoms. The smallest absolute Gasteiger partial charge is 0.226 e. The molecule has 0 bridgehead atoms. The predicted octanol–water partition coefficient (Wildman–Crippen LogP) is 1.81. The summed E-state index contributed by atoms with van der Waals surface area (Å²) < 4.78 is 10.6. The van der Waals surface area contributed by atoms with E-state index in [9.17, 15) is 4.79 Å². The number of carbonyl (C=O) groups is 1. The van der Waals surface area contributed by atoms with Crippen molar-refractivity contribution in [2.45, 2.75) is 19.3 Å². The van der Waals surface area contributed by atoms with Gasteiger partial charge >= 0.3 is 0 Å². The van der Waals surface area contributed by atoms with Crippen LogP contribution in [-0.2, 0) is 16.0 Å². The van der Waals surface area contributed by atoms with Gasteiger partial charge in [-0.15, -0.1) is 0 Å². The number of amides is 1. The van der Waals surface area contributed by atoms with E-state index in [0.717, 1.165) is 70.1 Å². The second-order valence-electron chi connectivity index (χ2n) is 6.77. The number of likely N-dealkylation sites (tertiary alicyclic amines) is 1. The fourth-order valence-electron chi connectivity index (χ4n) is 3.58. The van der Waals surface area contributed by atoms with Crippen LogP contribution in [0, 0.1) is 5.92 Å². The molecule has 1 amide bonds. The highest BCUT2D eigenvalue weighted by Gasteiger charge is 2.25. The van der Waals surface area contributed by atoms with Gasteiger partial charge < -0.3 is 14.4 Å². The van der Waals surface area contributed by atoms with Crippen LogP contribution >= 0.6 is 0 Å². The van der Waals surface area contributed by atoms with Crippen molar-refractivity contribution in [3.8, 4) is 5.75 Å². The Bertz CT molecular complexity index is 535. The zero-order chi connectivity index (χ0) is 16.8. The van der Waals surface area contributed by atoms with Gasteiger partial charge in [-0.1, -0.05) is 12.1 Å². The van der Waals surface area contributed by atoms with Crippen LogP contribution in [0.1, 0.15) is 18.4 Å². The van der Waals surface area contributed by atoms with E-state index < -0.39 is 0 Å². The van der Waals surface area contributed by atoms with Gasteiger partial charge in [0.05, 0.1) is 26.7 Å².